The van der Waals surface area contributed by atoms with Crippen LogP contribution in [0.25, 0.3) is 0 Å². The van der Waals surface area contributed by atoms with Crippen LogP contribution in [0.1, 0.15) is 30.5 Å². The lowest BCUT2D eigenvalue weighted by Crippen LogP contribution is -2.47. The summed E-state index contributed by atoms with van der Waals surface area (Å²) in [4.78, 5) is 26.2. The van der Waals surface area contributed by atoms with Crippen LogP contribution in [0.3, 0.4) is 0 Å². The topological polar surface area (TPSA) is 49.4 Å². The molecule has 4 nitrogen and oxygen atoms in total. The minimum absolute atomic E-state index is 0.104. The van der Waals surface area contributed by atoms with E-state index in [9.17, 15) is 9.59 Å². The van der Waals surface area contributed by atoms with Gasteiger partial charge in [0.15, 0.2) is 0 Å². The van der Waals surface area contributed by atoms with E-state index in [4.69, 9.17) is 0 Å². The quantitative estimate of drug-likeness (QED) is 0.941. The Kier molecular flexibility index (Phi) is 4.65. The molecule has 0 fully saturated rings. The van der Waals surface area contributed by atoms with E-state index in [0.29, 0.717) is 13.0 Å². The van der Waals surface area contributed by atoms with Gasteiger partial charge >= 0.3 is 0 Å². The maximum Gasteiger partial charge on any atom is 0.243 e. The Labute approximate surface area is 142 Å². The number of hydrogen-bond acceptors (Lipinski definition) is 2. The lowest BCUT2D eigenvalue weighted by Gasteiger charge is -2.23. The molecule has 0 unspecified atom stereocenters. The van der Waals surface area contributed by atoms with Crippen molar-refractivity contribution in [3.05, 3.63) is 65.2 Å². The SMILES string of the molecule is CCc1ccc(CNC(=O)[C@H]2Cc3ccccc3N2C(C)=O)cc1. The van der Waals surface area contributed by atoms with Crippen molar-refractivity contribution in [3.63, 3.8) is 0 Å². The van der Waals surface area contributed by atoms with Crippen LogP contribution in [0.5, 0.6) is 0 Å². The second kappa shape index (κ2) is 6.87. The van der Waals surface area contributed by atoms with Crippen molar-refractivity contribution in [2.45, 2.75) is 39.3 Å². The van der Waals surface area contributed by atoms with E-state index in [1.165, 1.54) is 12.5 Å². The molecule has 1 aliphatic rings. The molecule has 0 saturated carbocycles. The number of fused-ring (bicyclic) bond motifs is 1. The highest BCUT2D eigenvalue weighted by Gasteiger charge is 2.36. The van der Waals surface area contributed by atoms with E-state index in [1.807, 2.05) is 36.4 Å². The molecule has 0 bridgehead atoms. The average Bonchev–Trinajstić information content (AvgIpc) is 3.00. The van der Waals surface area contributed by atoms with Gasteiger partial charge in [0.2, 0.25) is 11.8 Å². The van der Waals surface area contributed by atoms with Gasteiger partial charge in [-0.3, -0.25) is 14.5 Å². The third-order valence-corrected chi connectivity index (χ3v) is 4.52. The monoisotopic (exact) mass is 322 g/mol. The van der Waals surface area contributed by atoms with Crippen molar-refractivity contribution in [2.75, 3.05) is 4.90 Å². The number of carbonyl (C=O) groups excluding carboxylic acids is 2. The van der Waals surface area contributed by atoms with Crippen LogP contribution in [0.2, 0.25) is 0 Å². The van der Waals surface area contributed by atoms with E-state index >= 15 is 0 Å². The lowest BCUT2D eigenvalue weighted by atomic mass is 10.1. The second-order valence-corrected chi connectivity index (χ2v) is 6.13. The van der Waals surface area contributed by atoms with Gasteiger partial charge in [0.25, 0.3) is 0 Å². The zero-order chi connectivity index (χ0) is 17.1. The smallest absolute Gasteiger partial charge is 0.243 e. The van der Waals surface area contributed by atoms with E-state index in [-0.39, 0.29) is 11.8 Å². The highest BCUT2D eigenvalue weighted by Crippen LogP contribution is 2.32. The number of nitrogens with zero attached hydrogens (tertiary/aromatic N) is 1. The predicted molar refractivity (Wildman–Crippen MR) is 94.8 cm³/mol. The molecule has 24 heavy (non-hydrogen) atoms. The van der Waals surface area contributed by atoms with Gasteiger partial charge in [0, 0.05) is 25.6 Å². The molecule has 0 saturated heterocycles. The molecule has 3 rings (SSSR count). The number of rotatable bonds is 4. The standard InChI is InChI=1S/C20H22N2O2/c1-3-15-8-10-16(11-9-15)13-21-20(24)19-12-17-6-4-5-7-18(17)22(19)14(2)23/h4-11,19H,3,12-13H2,1-2H3,(H,21,24)/t19-/m1/s1. The Balaban J connectivity index is 1.69. The predicted octanol–water partition coefficient (Wildman–Crippen LogP) is 2.84. The summed E-state index contributed by atoms with van der Waals surface area (Å²) in [7, 11) is 0. The van der Waals surface area contributed by atoms with E-state index in [0.717, 1.165) is 23.2 Å². The van der Waals surface area contributed by atoms with E-state index in [2.05, 4.69) is 24.4 Å². The van der Waals surface area contributed by atoms with Gasteiger partial charge in [-0.2, -0.15) is 0 Å². The van der Waals surface area contributed by atoms with Crippen LogP contribution in [0.15, 0.2) is 48.5 Å². The van der Waals surface area contributed by atoms with E-state index in [1.54, 1.807) is 4.90 Å². The number of benzene rings is 2. The van der Waals surface area contributed by atoms with Gasteiger partial charge in [-0.05, 0) is 29.2 Å². The molecule has 1 atom stereocenters. The summed E-state index contributed by atoms with van der Waals surface area (Å²) < 4.78 is 0. The summed E-state index contributed by atoms with van der Waals surface area (Å²) in [5, 5.41) is 2.97. The zero-order valence-corrected chi connectivity index (χ0v) is 14.1. The fraction of sp³-hybridized carbons (Fsp3) is 0.300. The Morgan fingerprint density at radius 2 is 1.75 bits per heavy atom. The van der Waals surface area contributed by atoms with Crippen molar-refractivity contribution in [2.24, 2.45) is 0 Å². The molecule has 0 aromatic heterocycles. The average molecular weight is 322 g/mol. The van der Waals surface area contributed by atoms with Crippen LogP contribution in [0, 0.1) is 0 Å². The van der Waals surface area contributed by atoms with Gasteiger partial charge in [0.05, 0.1) is 0 Å². The summed E-state index contributed by atoms with van der Waals surface area (Å²) in [6.07, 6.45) is 1.57. The Bertz CT molecular complexity index is 752. The molecular weight excluding hydrogens is 300 g/mol. The van der Waals surface area contributed by atoms with Gasteiger partial charge in [-0.15, -0.1) is 0 Å². The molecule has 1 aliphatic heterocycles. The highest BCUT2D eigenvalue weighted by atomic mass is 16.2. The van der Waals surface area contributed by atoms with Crippen molar-refractivity contribution < 1.29 is 9.59 Å². The molecule has 1 heterocycles. The molecule has 1 N–H and O–H groups in total. The Hall–Kier alpha value is -2.62. The molecule has 0 spiro atoms. The summed E-state index contributed by atoms with van der Waals surface area (Å²) in [5.41, 5.74) is 4.22. The van der Waals surface area contributed by atoms with Crippen LogP contribution >= 0.6 is 0 Å². The maximum absolute atomic E-state index is 12.6. The highest BCUT2D eigenvalue weighted by molar-refractivity contribution is 6.02. The van der Waals surface area contributed by atoms with Crippen LogP contribution < -0.4 is 10.2 Å². The number of para-hydroxylation sites is 1. The largest absolute Gasteiger partial charge is 0.350 e. The first-order chi connectivity index (χ1) is 11.6. The third-order valence-electron chi connectivity index (χ3n) is 4.52. The number of aryl methyl sites for hydroxylation is 1. The molecule has 124 valence electrons. The Morgan fingerprint density at radius 3 is 2.42 bits per heavy atom. The van der Waals surface area contributed by atoms with Gasteiger partial charge in [-0.1, -0.05) is 49.4 Å². The fourth-order valence-electron chi connectivity index (χ4n) is 3.18. The van der Waals surface area contributed by atoms with Crippen molar-refractivity contribution in [1.29, 1.82) is 0 Å². The third kappa shape index (κ3) is 3.18. The lowest BCUT2D eigenvalue weighted by molar-refractivity contribution is -0.125. The molecule has 2 aromatic carbocycles. The summed E-state index contributed by atoms with van der Waals surface area (Å²) in [5.74, 6) is -0.214. The minimum atomic E-state index is -0.463. The molecule has 0 aliphatic carbocycles. The summed E-state index contributed by atoms with van der Waals surface area (Å²) in [6.45, 7) is 4.10. The van der Waals surface area contributed by atoms with Gasteiger partial charge in [-0.25, -0.2) is 0 Å². The van der Waals surface area contributed by atoms with E-state index < -0.39 is 6.04 Å². The van der Waals surface area contributed by atoms with Crippen LogP contribution in [-0.4, -0.2) is 17.9 Å². The Morgan fingerprint density at radius 1 is 1.08 bits per heavy atom. The first-order valence-corrected chi connectivity index (χ1v) is 8.33. The van der Waals surface area contributed by atoms with Crippen molar-refractivity contribution in [3.8, 4) is 0 Å². The maximum atomic E-state index is 12.6. The number of anilines is 1. The van der Waals surface area contributed by atoms with Gasteiger partial charge < -0.3 is 5.32 Å². The summed E-state index contributed by atoms with van der Waals surface area (Å²) in [6, 6.07) is 15.5. The zero-order valence-electron chi connectivity index (χ0n) is 14.1. The minimum Gasteiger partial charge on any atom is -0.350 e. The molecule has 2 aromatic rings. The number of nitrogens with one attached hydrogen (secondary N) is 1. The van der Waals surface area contributed by atoms with Crippen LogP contribution in [-0.2, 0) is 29.0 Å². The molecular formula is C20H22N2O2. The van der Waals surface area contributed by atoms with Gasteiger partial charge in [0.1, 0.15) is 6.04 Å². The molecule has 4 heteroatoms. The first-order valence-electron chi connectivity index (χ1n) is 8.33. The number of hydrogen-bond donors (Lipinski definition) is 1. The normalized spacial score (nSPS) is 15.9. The fourth-order valence-corrected chi connectivity index (χ4v) is 3.18. The van der Waals surface area contributed by atoms with Crippen LogP contribution in [0.4, 0.5) is 5.69 Å². The molecule has 0 radical (unpaired) electrons. The summed E-state index contributed by atoms with van der Waals surface area (Å²) >= 11 is 0. The van der Waals surface area contributed by atoms with Crippen molar-refractivity contribution >= 4 is 17.5 Å². The second-order valence-electron chi connectivity index (χ2n) is 6.13. The number of carbonyl (C=O) groups is 2. The molecule has 2 amide bonds. The first kappa shape index (κ1) is 16.2. The van der Waals surface area contributed by atoms with Crippen molar-refractivity contribution in [1.82, 2.24) is 5.32 Å². The number of amides is 2.